The fourth-order valence-electron chi connectivity index (χ4n) is 2.38. The van der Waals surface area contributed by atoms with Gasteiger partial charge in [-0.1, -0.05) is 33.1 Å². The van der Waals surface area contributed by atoms with Crippen molar-refractivity contribution >= 4 is 23.8 Å². The maximum absolute atomic E-state index is 12.2. The van der Waals surface area contributed by atoms with E-state index in [-0.39, 0.29) is 12.3 Å². The minimum Gasteiger partial charge on any atom is -0.481 e. The van der Waals surface area contributed by atoms with Crippen LogP contribution in [0.1, 0.15) is 58.8 Å². The molecule has 150 valence electrons. The van der Waals surface area contributed by atoms with Crippen molar-refractivity contribution in [3.05, 3.63) is 0 Å². The van der Waals surface area contributed by atoms with E-state index in [1.807, 2.05) is 0 Å². The Hall–Kier alpha value is -2.16. The average Bonchev–Trinajstić information content (AvgIpc) is 2.53. The summed E-state index contributed by atoms with van der Waals surface area (Å²) >= 11 is 0. The van der Waals surface area contributed by atoms with E-state index >= 15 is 0 Å². The monoisotopic (exact) mass is 373 g/mol. The summed E-state index contributed by atoms with van der Waals surface area (Å²) in [5.74, 6) is -4.10. The van der Waals surface area contributed by atoms with Gasteiger partial charge in [-0.3, -0.25) is 14.4 Å². The quantitative estimate of drug-likeness (QED) is 0.277. The number of aliphatic carboxylic acids is 2. The maximum atomic E-state index is 12.2. The molecule has 0 unspecified atom stereocenters. The van der Waals surface area contributed by atoms with E-state index in [2.05, 4.69) is 10.6 Å². The SMILES string of the molecule is CC(C)[C@H](NC(=O)[C@H](CC(=O)O)NC(=O)CCCCCCCN)C(=O)O. The average molecular weight is 373 g/mol. The Labute approximate surface area is 153 Å². The lowest BCUT2D eigenvalue weighted by molar-refractivity contribution is -0.144. The van der Waals surface area contributed by atoms with Gasteiger partial charge in [0.15, 0.2) is 0 Å². The number of hydrogen-bond acceptors (Lipinski definition) is 5. The Bertz CT molecular complexity index is 481. The Balaban J connectivity index is 4.58. The number of carboxylic acid groups (broad SMARTS) is 2. The summed E-state index contributed by atoms with van der Waals surface area (Å²) in [6, 6.07) is -2.46. The van der Waals surface area contributed by atoms with Gasteiger partial charge in [0, 0.05) is 6.42 Å². The molecule has 0 aliphatic carbocycles. The highest BCUT2D eigenvalue weighted by atomic mass is 16.4. The number of amides is 2. The summed E-state index contributed by atoms with van der Waals surface area (Å²) in [6.45, 7) is 3.88. The van der Waals surface area contributed by atoms with Gasteiger partial charge in [0.05, 0.1) is 6.42 Å². The molecule has 0 aliphatic heterocycles. The molecule has 26 heavy (non-hydrogen) atoms. The van der Waals surface area contributed by atoms with E-state index in [0.717, 1.165) is 25.7 Å². The van der Waals surface area contributed by atoms with Gasteiger partial charge in [-0.2, -0.15) is 0 Å². The van der Waals surface area contributed by atoms with Gasteiger partial charge in [0.2, 0.25) is 11.8 Å². The number of rotatable bonds is 14. The summed E-state index contributed by atoms with van der Waals surface area (Å²) in [5, 5.41) is 22.7. The topological polar surface area (TPSA) is 159 Å². The Kier molecular flexibility index (Phi) is 12.0. The first-order valence-electron chi connectivity index (χ1n) is 8.93. The molecule has 2 atom stereocenters. The normalized spacial score (nSPS) is 13.1. The zero-order chi connectivity index (χ0) is 20.1. The molecule has 9 heteroatoms. The van der Waals surface area contributed by atoms with Crippen molar-refractivity contribution in [1.82, 2.24) is 10.6 Å². The molecule has 0 saturated carbocycles. The predicted molar refractivity (Wildman–Crippen MR) is 95.3 cm³/mol. The van der Waals surface area contributed by atoms with Crippen molar-refractivity contribution in [1.29, 1.82) is 0 Å². The van der Waals surface area contributed by atoms with Crippen LogP contribution in [0.15, 0.2) is 0 Å². The fourth-order valence-corrected chi connectivity index (χ4v) is 2.38. The molecular weight excluding hydrogens is 342 g/mol. The largest absolute Gasteiger partial charge is 0.481 e. The van der Waals surface area contributed by atoms with Crippen LogP contribution in [-0.4, -0.2) is 52.6 Å². The van der Waals surface area contributed by atoms with Crippen LogP contribution < -0.4 is 16.4 Å². The van der Waals surface area contributed by atoms with E-state index in [1.165, 1.54) is 0 Å². The molecule has 0 saturated heterocycles. The summed E-state index contributed by atoms with van der Waals surface area (Å²) in [7, 11) is 0. The lowest BCUT2D eigenvalue weighted by atomic mass is 10.0. The van der Waals surface area contributed by atoms with Crippen LogP contribution in [0.4, 0.5) is 0 Å². The number of unbranched alkanes of at least 4 members (excludes halogenated alkanes) is 4. The Morgan fingerprint density at radius 2 is 1.50 bits per heavy atom. The Morgan fingerprint density at radius 1 is 0.923 bits per heavy atom. The second-order valence-electron chi connectivity index (χ2n) is 6.59. The van der Waals surface area contributed by atoms with Crippen LogP contribution in [0.25, 0.3) is 0 Å². The van der Waals surface area contributed by atoms with Gasteiger partial charge in [-0.15, -0.1) is 0 Å². The first-order valence-corrected chi connectivity index (χ1v) is 8.93. The first kappa shape index (κ1) is 23.8. The molecule has 2 amide bonds. The van der Waals surface area contributed by atoms with Crippen LogP contribution in [0, 0.1) is 5.92 Å². The van der Waals surface area contributed by atoms with E-state index in [1.54, 1.807) is 13.8 Å². The molecule has 0 rings (SSSR count). The summed E-state index contributed by atoms with van der Waals surface area (Å²) in [6.07, 6.45) is 3.93. The third-order valence-corrected chi connectivity index (χ3v) is 3.87. The number of carbonyl (C=O) groups is 4. The maximum Gasteiger partial charge on any atom is 0.326 e. The van der Waals surface area contributed by atoms with Crippen molar-refractivity contribution in [2.45, 2.75) is 70.9 Å². The van der Waals surface area contributed by atoms with Gasteiger partial charge in [0.1, 0.15) is 12.1 Å². The molecule has 0 aromatic heterocycles. The molecule has 0 spiro atoms. The lowest BCUT2D eigenvalue weighted by Gasteiger charge is -2.22. The summed E-state index contributed by atoms with van der Waals surface area (Å²) in [4.78, 5) is 46.3. The zero-order valence-electron chi connectivity index (χ0n) is 15.5. The van der Waals surface area contributed by atoms with Gasteiger partial charge in [-0.05, 0) is 25.3 Å². The van der Waals surface area contributed by atoms with Crippen molar-refractivity contribution in [2.75, 3.05) is 6.54 Å². The molecule has 0 aromatic rings. The fraction of sp³-hybridized carbons (Fsp3) is 0.765. The van der Waals surface area contributed by atoms with Crippen LogP contribution in [-0.2, 0) is 19.2 Å². The van der Waals surface area contributed by atoms with Crippen molar-refractivity contribution in [2.24, 2.45) is 11.7 Å². The highest BCUT2D eigenvalue weighted by Gasteiger charge is 2.29. The van der Waals surface area contributed by atoms with E-state index in [4.69, 9.17) is 15.9 Å². The molecule has 0 fully saturated rings. The van der Waals surface area contributed by atoms with Crippen molar-refractivity contribution in [3.8, 4) is 0 Å². The number of carbonyl (C=O) groups excluding carboxylic acids is 2. The molecule has 6 N–H and O–H groups in total. The highest BCUT2D eigenvalue weighted by Crippen LogP contribution is 2.06. The molecule has 0 radical (unpaired) electrons. The minimum atomic E-state index is -1.31. The smallest absolute Gasteiger partial charge is 0.326 e. The zero-order valence-corrected chi connectivity index (χ0v) is 15.5. The number of nitrogens with two attached hydrogens (primary N) is 1. The minimum absolute atomic E-state index is 0.179. The van der Waals surface area contributed by atoms with Crippen molar-refractivity contribution < 1.29 is 29.4 Å². The number of carboxylic acids is 2. The molecular formula is C17H31N3O6. The predicted octanol–water partition coefficient (Wildman–Crippen LogP) is 0.471. The molecule has 0 bridgehead atoms. The number of hydrogen-bond donors (Lipinski definition) is 5. The van der Waals surface area contributed by atoms with Crippen LogP contribution >= 0.6 is 0 Å². The second kappa shape index (κ2) is 13.1. The third-order valence-electron chi connectivity index (χ3n) is 3.87. The van der Waals surface area contributed by atoms with Gasteiger partial charge >= 0.3 is 11.9 Å². The molecule has 0 heterocycles. The lowest BCUT2D eigenvalue weighted by Crippen LogP contribution is -2.53. The second-order valence-corrected chi connectivity index (χ2v) is 6.59. The van der Waals surface area contributed by atoms with Crippen LogP contribution in [0.3, 0.4) is 0 Å². The number of nitrogens with one attached hydrogen (secondary N) is 2. The molecule has 0 aromatic carbocycles. The van der Waals surface area contributed by atoms with Gasteiger partial charge < -0.3 is 26.6 Å². The first-order chi connectivity index (χ1) is 12.2. The van der Waals surface area contributed by atoms with Crippen LogP contribution in [0.5, 0.6) is 0 Å². The van der Waals surface area contributed by atoms with E-state index < -0.39 is 42.3 Å². The molecule has 0 aliphatic rings. The summed E-state index contributed by atoms with van der Waals surface area (Å²) in [5.41, 5.74) is 5.40. The van der Waals surface area contributed by atoms with Crippen LogP contribution in [0.2, 0.25) is 0 Å². The van der Waals surface area contributed by atoms with E-state index in [9.17, 15) is 19.2 Å². The van der Waals surface area contributed by atoms with E-state index in [0.29, 0.717) is 13.0 Å². The van der Waals surface area contributed by atoms with Gasteiger partial charge in [-0.25, -0.2) is 4.79 Å². The standard InChI is InChI=1S/C17H31N3O6/c1-11(2)15(17(25)26)20-16(24)12(10-14(22)23)19-13(21)8-6-4-3-5-7-9-18/h11-12,15H,3-10,18H2,1-2H3,(H,19,21)(H,20,24)(H,22,23)(H,25,26)/t12-,15-/m0/s1. The van der Waals surface area contributed by atoms with Crippen molar-refractivity contribution in [3.63, 3.8) is 0 Å². The van der Waals surface area contributed by atoms with Gasteiger partial charge in [0.25, 0.3) is 0 Å². The Morgan fingerprint density at radius 3 is 2.00 bits per heavy atom. The molecule has 9 nitrogen and oxygen atoms in total. The highest BCUT2D eigenvalue weighted by molar-refractivity contribution is 5.92. The summed E-state index contributed by atoms with van der Waals surface area (Å²) < 4.78 is 0. The third kappa shape index (κ3) is 10.7.